The predicted octanol–water partition coefficient (Wildman–Crippen LogP) is 2.54. The second kappa shape index (κ2) is 5.05. The van der Waals surface area contributed by atoms with Gasteiger partial charge in [-0.3, -0.25) is 0 Å². The van der Waals surface area contributed by atoms with E-state index in [4.69, 9.17) is 5.11 Å². The standard InChI is InChI=1S/C10H14N2O2S2/c1-15-8-4-2-3-6(8)11-10-12-7(5-16-10)9(13)14/h5-6,8H,2-4H2,1H3,(H,11,12)(H,13,14). The van der Waals surface area contributed by atoms with Gasteiger partial charge in [0.1, 0.15) is 0 Å². The Morgan fingerprint density at radius 1 is 1.69 bits per heavy atom. The molecule has 1 fully saturated rings. The Bertz CT molecular complexity index is 381. The molecular weight excluding hydrogens is 244 g/mol. The van der Waals surface area contributed by atoms with Gasteiger partial charge in [-0.05, 0) is 19.1 Å². The molecule has 0 aromatic carbocycles. The van der Waals surface area contributed by atoms with Gasteiger partial charge in [-0.2, -0.15) is 11.8 Å². The minimum absolute atomic E-state index is 0.131. The maximum Gasteiger partial charge on any atom is 0.355 e. The minimum Gasteiger partial charge on any atom is -0.476 e. The molecule has 4 nitrogen and oxygen atoms in total. The van der Waals surface area contributed by atoms with E-state index in [0.29, 0.717) is 11.3 Å². The molecule has 1 aliphatic rings. The van der Waals surface area contributed by atoms with Gasteiger partial charge in [0, 0.05) is 16.7 Å². The van der Waals surface area contributed by atoms with E-state index in [2.05, 4.69) is 16.6 Å². The Morgan fingerprint density at radius 3 is 3.12 bits per heavy atom. The van der Waals surface area contributed by atoms with Gasteiger partial charge >= 0.3 is 5.97 Å². The summed E-state index contributed by atoms with van der Waals surface area (Å²) in [5.41, 5.74) is 0.131. The fraction of sp³-hybridized carbons (Fsp3) is 0.600. The largest absolute Gasteiger partial charge is 0.476 e. The van der Waals surface area contributed by atoms with Crippen LogP contribution in [0.3, 0.4) is 0 Å². The molecule has 0 aliphatic heterocycles. The summed E-state index contributed by atoms with van der Waals surface area (Å²) < 4.78 is 0. The zero-order valence-electron chi connectivity index (χ0n) is 8.97. The number of carboxylic acids is 1. The summed E-state index contributed by atoms with van der Waals surface area (Å²) in [6.07, 6.45) is 5.74. The Balaban J connectivity index is 2.00. The molecule has 2 rings (SSSR count). The van der Waals surface area contributed by atoms with Crippen LogP contribution in [0.5, 0.6) is 0 Å². The number of carbonyl (C=O) groups is 1. The van der Waals surface area contributed by atoms with Gasteiger partial charge in [-0.15, -0.1) is 11.3 Å². The number of hydrogen-bond acceptors (Lipinski definition) is 5. The third-order valence-electron chi connectivity index (χ3n) is 2.79. The van der Waals surface area contributed by atoms with Gasteiger partial charge in [-0.1, -0.05) is 6.42 Å². The molecule has 0 bridgehead atoms. The first-order chi connectivity index (χ1) is 7.70. The fourth-order valence-corrected chi connectivity index (χ4v) is 3.65. The molecule has 2 atom stereocenters. The summed E-state index contributed by atoms with van der Waals surface area (Å²) in [6.45, 7) is 0. The number of nitrogens with one attached hydrogen (secondary N) is 1. The van der Waals surface area contributed by atoms with E-state index < -0.39 is 5.97 Å². The Hall–Kier alpha value is -0.750. The number of hydrogen-bond donors (Lipinski definition) is 2. The molecule has 0 radical (unpaired) electrons. The monoisotopic (exact) mass is 258 g/mol. The minimum atomic E-state index is -0.961. The van der Waals surface area contributed by atoms with Crippen molar-refractivity contribution >= 4 is 34.2 Å². The van der Waals surface area contributed by atoms with E-state index >= 15 is 0 Å². The molecule has 88 valence electrons. The van der Waals surface area contributed by atoms with Crippen molar-refractivity contribution in [3.05, 3.63) is 11.1 Å². The van der Waals surface area contributed by atoms with Gasteiger partial charge < -0.3 is 10.4 Å². The third-order valence-corrected chi connectivity index (χ3v) is 4.73. The van der Waals surface area contributed by atoms with Crippen molar-refractivity contribution in [1.82, 2.24) is 4.98 Å². The highest BCUT2D eigenvalue weighted by Crippen LogP contribution is 2.31. The molecule has 1 aliphatic carbocycles. The summed E-state index contributed by atoms with van der Waals surface area (Å²) in [5.74, 6) is -0.961. The van der Waals surface area contributed by atoms with E-state index in [-0.39, 0.29) is 5.69 Å². The normalized spacial score (nSPS) is 24.6. The summed E-state index contributed by atoms with van der Waals surface area (Å²) >= 11 is 3.24. The number of thiazole rings is 1. The van der Waals surface area contributed by atoms with E-state index in [1.165, 1.54) is 24.2 Å². The zero-order chi connectivity index (χ0) is 11.5. The van der Waals surface area contributed by atoms with E-state index in [9.17, 15) is 4.79 Å². The SMILES string of the molecule is CSC1CCCC1Nc1nc(C(=O)O)cs1. The van der Waals surface area contributed by atoms with Crippen LogP contribution in [-0.4, -0.2) is 33.6 Å². The lowest BCUT2D eigenvalue weighted by atomic mass is 10.2. The molecule has 0 spiro atoms. The van der Waals surface area contributed by atoms with Gasteiger partial charge in [0.05, 0.1) is 0 Å². The Morgan fingerprint density at radius 2 is 2.50 bits per heavy atom. The van der Waals surface area contributed by atoms with E-state index in [1.807, 2.05) is 11.8 Å². The number of thioether (sulfide) groups is 1. The van der Waals surface area contributed by atoms with Gasteiger partial charge in [0.25, 0.3) is 0 Å². The highest BCUT2D eigenvalue weighted by molar-refractivity contribution is 7.99. The summed E-state index contributed by atoms with van der Waals surface area (Å²) in [5, 5.41) is 15.0. The topological polar surface area (TPSA) is 62.2 Å². The van der Waals surface area contributed by atoms with Crippen molar-refractivity contribution in [3.8, 4) is 0 Å². The van der Waals surface area contributed by atoms with Gasteiger partial charge in [0.2, 0.25) is 0 Å². The first-order valence-electron chi connectivity index (χ1n) is 5.19. The predicted molar refractivity (Wildman–Crippen MR) is 67.6 cm³/mol. The number of rotatable bonds is 4. The van der Waals surface area contributed by atoms with Crippen LogP contribution < -0.4 is 5.32 Å². The number of anilines is 1. The van der Waals surface area contributed by atoms with Crippen molar-refractivity contribution in [2.75, 3.05) is 11.6 Å². The van der Waals surface area contributed by atoms with Crippen LogP contribution in [0.15, 0.2) is 5.38 Å². The quantitative estimate of drug-likeness (QED) is 0.869. The molecule has 1 aromatic rings. The van der Waals surface area contributed by atoms with Crippen molar-refractivity contribution in [3.63, 3.8) is 0 Å². The van der Waals surface area contributed by atoms with Crippen LogP contribution in [0, 0.1) is 0 Å². The molecule has 16 heavy (non-hydrogen) atoms. The first-order valence-corrected chi connectivity index (χ1v) is 7.35. The zero-order valence-corrected chi connectivity index (χ0v) is 10.6. The smallest absolute Gasteiger partial charge is 0.355 e. The number of aromatic carboxylic acids is 1. The number of aromatic nitrogens is 1. The van der Waals surface area contributed by atoms with Gasteiger partial charge in [-0.25, -0.2) is 9.78 Å². The van der Waals surface area contributed by atoms with Crippen molar-refractivity contribution in [2.45, 2.75) is 30.6 Å². The summed E-state index contributed by atoms with van der Waals surface area (Å²) in [7, 11) is 0. The molecule has 2 unspecified atom stereocenters. The summed E-state index contributed by atoms with van der Waals surface area (Å²) in [6, 6.07) is 0.433. The highest BCUT2D eigenvalue weighted by atomic mass is 32.2. The lowest BCUT2D eigenvalue weighted by Gasteiger charge is -2.18. The van der Waals surface area contributed by atoms with E-state index in [1.54, 1.807) is 5.38 Å². The van der Waals surface area contributed by atoms with Crippen LogP contribution in [-0.2, 0) is 0 Å². The molecule has 6 heteroatoms. The van der Waals surface area contributed by atoms with Crippen LogP contribution in [0.1, 0.15) is 29.8 Å². The maximum absolute atomic E-state index is 10.7. The molecule has 0 saturated heterocycles. The van der Waals surface area contributed by atoms with Gasteiger partial charge in [0.15, 0.2) is 10.8 Å². The molecule has 1 saturated carbocycles. The lowest BCUT2D eigenvalue weighted by Crippen LogP contribution is -2.25. The molecule has 1 aromatic heterocycles. The van der Waals surface area contributed by atoms with Crippen LogP contribution >= 0.6 is 23.1 Å². The lowest BCUT2D eigenvalue weighted by molar-refractivity contribution is 0.0691. The fourth-order valence-electron chi connectivity index (χ4n) is 1.97. The average Bonchev–Trinajstić information content (AvgIpc) is 2.87. The molecular formula is C10H14N2O2S2. The third kappa shape index (κ3) is 2.49. The molecule has 0 amide bonds. The van der Waals surface area contributed by atoms with Crippen LogP contribution in [0.25, 0.3) is 0 Å². The number of carboxylic acid groups (broad SMARTS) is 1. The average molecular weight is 258 g/mol. The highest BCUT2D eigenvalue weighted by Gasteiger charge is 2.27. The van der Waals surface area contributed by atoms with Crippen LogP contribution in [0.2, 0.25) is 0 Å². The van der Waals surface area contributed by atoms with E-state index in [0.717, 1.165) is 11.6 Å². The second-order valence-corrected chi connectivity index (χ2v) is 5.73. The first kappa shape index (κ1) is 11.7. The maximum atomic E-state index is 10.7. The number of nitrogens with zero attached hydrogens (tertiary/aromatic N) is 1. The Labute approximate surface area is 102 Å². The second-order valence-electron chi connectivity index (χ2n) is 3.80. The molecule has 2 N–H and O–H groups in total. The van der Waals surface area contributed by atoms with Crippen LogP contribution in [0.4, 0.5) is 5.13 Å². The molecule has 1 heterocycles. The van der Waals surface area contributed by atoms with Crippen molar-refractivity contribution in [1.29, 1.82) is 0 Å². The Kier molecular flexibility index (Phi) is 3.70. The van der Waals surface area contributed by atoms with Crippen molar-refractivity contribution < 1.29 is 9.90 Å². The van der Waals surface area contributed by atoms with Crippen molar-refractivity contribution in [2.24, 2.45) is 0 Å². The summed E-state index contributed by atoms with van der Waals surface area (Å²) in [4.78, 5) is 14.7.